The molecular weight excluding hydrogens is 486 g/mol. The van der Waals surface area contributed by atoms with Crippen molar-refractivity contribution in [2.45, 2.75) is 37.6 Å². The highest BCUT2D eigenvalue weighted by molar-refractivity contribution is 7.98. The number of allylic oxidation sites excluding steroid dienone is 1. The van der Waals surface area contributed by atoms with E-state index in [4.69, 9.17) is 23.2 Å². The Morgan fingerprint density at radius 1 is 1.30 bits per heavy atom. The van der Waals surface area contributed by atoms with Crippen molar-refractivity contribution in [2.24, 2.45) is 7.05 Å². The van der Waals surface area contributed by atoms with Crippen molar-refractivity contribution in [1.82, 2.24) is 29.6 Å². The molecule has 0 bridgehead atoms. The molecule has 0 spiro atoms. The number of amides is 2. The molecule has 2 N–H and O–H groups in total. The van der Waals surface area contributed by atoms with Crippen LogP contribution in [0, 0.1) is 6.92 Å². The van der Waals surface area contributed by atoms with Gasteiger partial charge >= 0.3 is 6.03 Å². The summed E-state index contributed by atoms with van der Waals surface area (Å²) in [5.74, 6) is -0.377. The van der Waals surface area contributed by atoms with E-state index >= 15 is 4.39 Å². The van der Waals surface area contributed by atoms with Gasteiger partial charge in [0.1, 0.15) is 5.83 Å². The summed E-state index contributed by atoms with van der Waals surface area (Å²) in [6.07, 6.45) is 5.81. The van der Waals surface area contributed by atoms with Crippen molar-refractivity contribution < 1.29 is 9.18 Å². The molecule has 0 unspecified atom stereocenters. The van der Waals surface area contributed by atoms with Crippen LogP contribution in [0.3, 0.4) is 0 Å². The van der Waals surface area contributed by atoms with Crippen molar-refractivity contribution in [1.29, 1.82) is 0 Å². The predicted molar refractivity (Wildman–Crippen MR) is 129 cm³/mol. The zero-order valence-electron chi connectivity index (χ0n) is 18.2. The van der Waals surface area contributed by atoms with Gasteiger partial charge in [-0.2, -0.15) is 10.2 Å². The molecule has 1 aliphatic rings. The van der Waals surface area contributed by atoms with E-state index in [0.717, 1.165) is 52.2 Å². The monoisotopic (exact) mass is 508 g/mol. The van der Waals surface area contributed by atoms with Crippen LogP contribution in [0.2, 0.25) is 10.0 Å². The standard InChI is InChI=1S/C22H23Cl2FN6OS/c1-13-20(12-30(2)28-13)33-29-22(32)26-10-19(25)17-5-3-4-14-9-27-31(21(14)17)11-15-6-7-16(23)8-18(15)24/h6-9,12H,3-5,10-11H2,1-2H3,(H2,26,29,32)/b19-17-. The zero-order valence-corrected chi connectivity index (χ0v) is 20.5. The summed E-state index contributed by atoms with van der Waals surface area (Å²) in [4.78, 5) is 13.0. The third-order valence-corrected chi connectivity index (χ3v) is 6.86. The molecule has 1 aliphatic carbocycles. The number of rotatable bonds is 6. The molecule has 0 atom stereocenters. The van der Waals surface area contributed by atoms with Crippen molar-refractivity contribution in [3.8, 4) is 0 Å². The van der Waals surface area contributed by atoms with E-state index in [1.165, 1.54) is 0 Å². The van der Waals surface area contributed by atoms with Crippen molar-refractivity contribution in [3.63, 3.8) is 0 Å². The number of carbonyl (C=O) groups excluding carboxylic acids is 1. The maximum Gasteiger partial charge on any atom is 0.325 e. The molecule has 0 aliphatic heterocycles. The first-order chi connectivity index (χ1) is 15.8. The molecule has 2 amide bonds. The molecular formula is C22H23Cl2FN6OS. The molecule has 2 heterocycles. The molecule has 3 aromatic rings. The Labute approximate surface area is 205 Å². The van der Waals surface area contributed by atoms with Crippen LogP contribution in [0.25, 0.3) is 5.57 Å². The molecule has 1 aromatic carbocycles. The van der Waals surface area contributed by atoms with E-state index in [-0.39, 0.29) is 12.4 Å². The van der Waals surface area contributed by atoms with Crippen LogP contribution in [0.15, 0.2) is 41.3 Å². The fourth-order valence-corrected chi connectivity index (χ4v) is 4.94. The summed E-state index contributed by atoms with van der Waals surface area (Å²) in [6.45, 7) is 2.05. The van der Waals surface area contributed by atoms with Gasteiger partial charge < -0.3 is 5.32 Å². The van der Waals surface area contributed by atoms with Crippen molar-refractivity contribution >= 4 is 46.8 Å². The normalized spacial score (nSPS) is 14.7. The van der Waals surface area contributed by atoms with Crippen LogP contribution in [0.4, 0.5) is 9.18 Å². The SMILES string of the molecule is Cc1nn(C)cc1SNC(=O)NC/C(F)=C1\CCCc2cnn(Cc3ccc(Cl)cc3Cl)c21. The van der Waals surface area contributed by atoms with Gasteiger partial charge in [0.15, 0.2) is 0 Å². The molecule has 33 heavy (non-hydrogen) atoms. The quantitative estimate of drug-likeness (QED) is 0.442. The fourth-order valence-electron chi connectivity index (χ4n) is 3.81. The molecule has 0 saturated carbocycles. The average molecular weight is 509 g/mol. The van der Waals surface area contributed by atoms with Gasteiger partial charge in [-0.15, -0.1) is 0 Å². The summed E-state index contributed by atoms with van der Waals surface area (Å²) in [5, 5.41) is 12.4. The number of hydrogen-bond donors (Lipinski definition) is 2. The van der Waals surface area contributed by atoms with E-state index in [1.54, 1.807) is 33.9 Å². The first-order valence-corrected chi connectivity index (χ1v) is 12.0. The number of aromatic nitrogens is 4. The molecule has 7 nitrogen and oxygen atoms in total. The highest BCUT2D eigenvalue weighted by Gasteiger charge is 2.24. The largest absolute Gasteiger partial charge is 0.331 e. The summed E-state index contributed by atoms with van der Waals surface area (Å²) >= 11 is 13.5. The molecule has 0 saturated heterocycles. The van der Waals surface area contributed by atoms with E-state index in [0.29, 0.717) is 28.6 Å². The van der Waals surface area contributed by atoms with Gasteiger partial charge in [-0.05, 0) is 61.4 Å². The van der Waals surface area contributed by atoms with E-state index in [2.05, 4.69) is 20.2 Å². The van der Waals surface area contributed by atoms with Gasteiger partial charge in [0.2, 0.25) is 0 Å². The first-order valence-electron chi connectivity index (χ1n) is 10.4. The van der Waals surface area contributed by atoms with Crippen molar-refractivity contribution in [2.75, 3.05) is 6.54 Å². The number of aryl methyl sites for hydroxylation is 3. The minimum absolute atomic E-state index is 0.208. The first kappa shape index (κ1) is 23.7. The Hall–Kier alpha value is -2.49. The molecule has 4 rings (SSSR count). The number of benzene rings is 1. The zero-order chi connectivity index (χ0) is 23.5. The number of halogens is 3. The highest BCUT2D eigenvalue weighted by Crippen LogP contribution is 2.34. The van der Waals surface area contributed by atoms with E-state index < -0.39 is 6.03 Å². The minimum Gasteiger partial charge on any atom is -0.331 e. The smallest absolute Gasteiger partial charge is 0.325 e. The van der Waals surface area contributed by atoms with Gasteiger partial charge in [0.05, 0.1) is 35.6 Å². The lowest BCUT2D eigenvalue weighted by Gasteiger charge is -2.19. The summed E-state index contributed by atoms with van der Waals surface area (Å²) in [7, 11) is 1.81. The maximum absolute atomic E-state index is 15.2. The van der Waals surface area contributed by atoms with Crippen LogP contribution in [0.1, 0.15) is 35.4 Å². The molecule has 0 radical (unpaired) electrons. The number of urea groups is 1. The second-order valence-corrected chi connectivity index (χ2v) is 9.48. The third kappa shape index (κ3) is 5.54. The van der Waals surface area contributed by atoms with E-state index in [9.17, 15) is 4.79 Å². The van der Waals surface area contributed by atoms with Crippen LogP contribution >= 0.6 is 35.1 Å². The summed E-state index contributed by atoms with van der Waals surface area (Å²) in [6, 6.07) is 4.81. The third-order valence-electron chi connectivity index (χ3n) is 5.36. The van der Waals surface area contributed by atoms with E-state index in [1.807, 2.05) is 20.0 Å². The van der Waals surface area contributed by atoms with Crippen molar-refractivity contribution in [3.05, 3.63) is 69.0 Å². The summed E-state index contributed by atoms with van der Waals surface area (Å²) < 4.78 is 21.3. The number of nitrogens with zero attached hydrogens (tertiary/aromatic N) is 4. The summed E-state index contributed by atoms with van der Waals surface area (Å²) in [5.41, 5.74) is 3.96. The lowest BCUT2D eigenvalue weighted by Crippen LogP contribution is -2.32. The topological polar surface area (TPSA) is 76.8 Å². The van der Waals surface area contributed by atoms with Crippen LogP contribution < -0.4 is 10.0 Å². The lowest BCUT2D eigenvalue weighted by molar-refractivity contribution is 0.246. The van der Waals surface area contributed by atoms with Gasteiger partial charge in [-0.1, -0.05) is 29.3 Å². The molecule has 11 heteroatoms. The molecule has 174 valence electrons. The second-order valence-electron chi connectivity index (χ2n) is 7.79. The number of fused-ring (bicyclic) bond motifs is 1. The number of carbonyl (C=O) groups is 1. The van der Waals surface area contributed by atoms with Gasteiger partial charge in [0, 0.05) is 28.9 Å². The Morgan fingerprint density at radius 2 is 2.12 bits per heavy atom. The fraction of sp³-hybridized carbons (Fsp3) is 0.318. The lowest BCUT2D eigenvalue weighted by atomic mass is 9.92. The highest BCUT2D eigenvalue weighted by atomic mass is 35.5. The minimum atomic E-state index is -0.475. The van der Waals surface area contributed by atoms with Crippen LogP contribution in [-0.2, 0) is 20.0 Å². The van der Waals surface area contributed by atoms with Gasteiger partial charge in [-0.25, -0.2) is 9.18 Å². The Bertz CT molecular complexity index is 1220. The molecule has 2 aromatic heterocycles. The second kappa shape index (κ2) is 10.2. The maximum atomic E-state index is 15.2. The Morgan fingerprint density at radius 3 is 2.85 bits per heavy atom. The number of hydrogen-bond acceptors (Lipinski definition) is 4. The van der Waals surface area contributed by atoms with Crippen LogP contribution in [0.5, 0.6) is 0 Å². The molecule has 0 fully saturated rings. The predicted octanol–water partition coefficient (Wildman–Crippen LogP) is 5.30. The Balaban J connectivity index is 1.45. The Kier molecular flexibility index (Phi) is 7.31. The van der Waals surface area contributed by atoms with Gasteiger partial charge in [0.25, 0.3) is 0 Å². The average Bonchev–Trinajstić information content (AvgIpc) is 3.34. The number of nitrogens with one attached hydrogen (secondary N) is 2. The van der Waals surface area contributed by atoms with Gasteiger partial charge in [-0.3, -0.25) is 14.1 Å². The van der Waals surface area contributed by atoms with Crippen LogP contribution in [-0.4, -0.2) is 32.1 Å².